The SMILES string of the molecule is Brc1ccccc1NCCOCc1ccco1. The Kier molecular flexibility index (Phi) is 4.64. The van der Waals surface area contributed by atoms with Crippen molar-refractivity contribution >= 4 is 21.6 Å². The van der Waals surface area contributed by atoms with E-state index in [0.29, 0.717) is 13.2 Å². The highest BCUT2D eigenvalue weighted by Gasteiger charge is 1.98. The maximum absolute atomic E-state index is 5.47. The number of hydrogen-bond acceptors (Lipinski definition) is 3. The highest BCUT2D eigenvalue weighted by atomic mass is 79.9. The van der Waals surface area contributed by atoms with Crippen LogP contribution in [0.2, 0.25) is 0 Å². The van der Waals surface area contributed by atoms with Gasteiger partial charge in [0.05, 0.1) is 12.9 Å². The van der Waals surface area contributed by atoms with Crippen LogP contribution < -0.4 is 5.32 Å². The van der Waals surface area contributed by atoms with E-state index in [2.05, 4.69) is 21.2 Å². The van der Waals surface area contributed by atoms with Crippen LogP contribution in [0.5, 0.6) is 0 Å². The van der Waals surface area contributed by atoms with E-state index < -0.39 is 0 Å². The van der Waals surface area contributed by atoms with Crippen LogP contribution >= 0.6 is 15.9 Å². The molecule has 4 heteroatoms. The van der Waals surface area contributed by atoms with Gasteiger partial charge in [-0.3, -0.25) is 0 Å². The summed E-state index contributed by atoms with van der Waals surface area (Å²) in [6.45, 7) is 1.93. The van der Waals surface area contributed by atoms with Gasteiger partial charge in [-0.1, -0.05) is 12.1 Å². The Labute approximate surface area is 109 Å². The first-order valence-electron chi connectivity index (χ1n) is 5.45. The molecule has 2 aromatic rings. The lowest BCUT2D eigenvalue weighted by atomic mass is 10.3. The molecule has 2 rings (SSSR count). The molecule has 0 spiro atoms. The predicted molar refractivity (Wildman–Crippen MR) is 71.0 cm³/mol. The van der Waals surface area contributed by atoms with Crippen molar-refractivity contribution in [3.8, 4) is 0 Å². The number of halogens is 1. The standard InChI is InChI=1S/C13H14BrNO2/c14-12-5-1-2-6-13(12)15-7-9-16-10-11-4-3-8-17-11/h1-6,8,15H,7,9-10H2. The van der Waals surface area contributed by atoms with Crippen LogP contribution in [0.15, 0.2) is 51.6 Å². The zero-order valence-electron chi connectivity index (χ0n) is 9.36. The molecule has 17 heavy (non-hydrogen) atoms. The first-order chi connectivity index (χ1) is 8.36. The van der Waals surface area contributed by atoms with Gasteiger partial charge >= 0.3 is 0 Å². The summed E-state index contributed by atoms with van der Waals surface area (Å²) >= 11 is 3.48. The number of furan rings is 1. The molecule has 0 radical (unpaired) electrons. The lowest BCUT2D eigenvalue weighted by molar-refractivity contribution is 0.115. The number of para-hydroxylation sites is 1. The fourth-order valence-corrected chi connectivity index (χ4v) is 1.85. The lowest BCUT2D eigenvalue weighted by Crippen LogP contribution is -2.09. The highest BCUT2D eigenvalue weighted by Crippen LogP contribution is 2.20. The van der Waals surface area contributed by atoms with Gasteiger partial charge in [0, 0.05) is 16.7 Å². The minimum absolute atomic E-state index is 0.518. The zero-order chi connectivity index (χ0) is 11.9. The van der Waals surface area contributed by atoms with Crippen LogP contribution in [0, 0.1) is 0 Å². The molecule has 0 amide bonds. The quantitative estimate of drug-likeness (QED) is 0.826. The minimum atomic E-state index is 0.518. The normalized spacial score (nSPS) is 10.4. The van der Waals surface area contributed by atoms with Crippen molar-refractivity contribution in [3.63, 3.8) is 0 Å². The summed E-state index contributed by atoms with van der Waals surface area (Å²) in [5, 5.41) is 3.29. The van der Waals surface area contributed by atoms with Gasteiger partial charge in [-0.25, -0.2) is 0 Å². The Balaban J connectivity index is 1.65. The Morgan fingerprint density at radius 2 is 2.06 bits per heavy atom. The number of hydrogen-bond donors (Lipinski definition) is 1. The van der Waals surface area contributed by atoms with Crippen molar-refractivity contribution in [1.29, 1.82) is 0 Å². The fourth-order valence-electron chi connectivity index (χ4n) is 1.43. The summed E-state index contributed by atoms with van der Waals surface area (Å²) < 4.78 is 11.7. The second-order valence-corrected chi connectivity index (χ2v) is 4.39. The molecule has 1 aromatic heterocycles. The molecule has 0 saturated heterocycles. The van der Waals surface area contributed by atoms with E-state index in [0.717, 1.165) is 22.5 Å². The van der Waals surface area contributed by atoms with Crippen molar-refractivity contribution in [2.45, 2.75) is 6.61 Å². The summed E-state index contributed by atoms with van der Waals surface area (Å²) in [7, 11) is 0. The molecule has 1 N–H and O–H groups in total. The third-order valence-electron chi connectivity index (χ3n) is 2.26. The number of nitrogens with one attached hydrogen (secondary N) is 1. The minimum Gasteiger partial charge on any atom is -0.467 e. The maximum Gasteiger partial charge on any atom is 0.129 e. The molecule has 3 nitrogen and oxygen atoms in total. The maximum atomic E-state index is 5.47. The highest BCUT2D eigenvalue weighted by molar-refractivity contribution is 9.10. The lowest BCUT2D eigenvalue weighted by Gasteiger charge is -2.08. The van der Waals surface area contributed by atoms with Crippen LogP contribution in [-0.4, -0.2) is 13.2 Å². The van der Waals surface area contributed by atoms with E-state index in [9.17, 15) is 0 Å². The Morgan fingerprint density at radius 3 is 2.82 bits per heavy atom. The van der Waals surface area contributed by atoms with Crippen molar-refractivity contribution in [3.05, 3.63) is 52.9 Å². The van der Waals surface area contributed by atoms with Crippen LogP contribution in [-0.2, 0) is 11.3 Å². The van der Waals surface area contributed by atoms with E-state index in [1.165, 1.54) is 0 Å². The van der Waals surface area contributed by atoms with Gasteiger partial charge in [-0.15, -0.1) is 0 Å². The van der Waals surface area contributed by atoms with E-state index in [1.807, 2.05) is 36.4 Å². The molecule has 0 unspecified atom stereocenters. The third kappa shape index (κ3) is 3.91. The van der Waals surface area contributed by atoms with Crippen LogP contribution in [0.3, 0.4) is 0 Å². The first-order valence-corrected chi connectivity index (χ1v) is 6.24. The van der Waals surface area contributed by atoms with E-state index in [-0.39, 0.29) is 0 Å². The second kappa shape index (κ2) is 6.47. The van der Waals surface area contributed by atoms with Gasteiger partial charge in [0.15, 0.2) is 0 Å². The summed E-state index contributed by atoms with van der Waals surface area (Å²) in [4.78, 5) is 0. The zero-order valence-corrected chi connectivity index (χ0v) is 10.9. The Hall–Kier alpha value is -1.26. The molecule has 0 aliphatic heterocycles. The van der Waals surface area contributed by atoms with Crippen molar-refractivity contribution in [2.24, 2.45) is 0 Å². The number of anilines is 1. The third-order valence-corrected chi connectivity index (χ3v) is 2.95. The summed E-state index contributed by atoms with van der Waals surface area (Å²) in [6, 6.07) is 11.8. The predicted octanol–water partition coefficient (Wildman–Crippen LogP) is 3.67. The average Bonchev–Trinajstić information content (AvgIpc) is 2.84. The topological polar surface area (TPSA) is 34.4 Å². The summed E-state index contributed by atoms with van der Waals surface area (Å²) in [6.07, 6.45) is 1.65. The summed E-state index contributed by atoms with van der Waals surface area (Å²) in [5.74, 6) is 0.853. The second-order valence-electron chi connectivity index (χ2n) is 3.54. The fraction of sp³-hybridized carbons (Fsp3) is 0.231. The molecule has 0 aliphatic rings. The largest absolute Gasteiger partial charge is 0.467 e. The van der Waals surface area contributed by atoms with Crippen molar-refractivity contribution in [2.75, 3.05) is 18.5 Å². The van der Waals surface area contributed by atoms with Crippen molar-refractivity contribution in [1.82, 2.24) is 0 Å². The molecular formula is C13H14BrNO2. The molecule has 1 aromatic carbocycles. The van der Waals surface area contributed by atoms with Crippen LogP contribution in [0.1, 0.15) is 5.76 Å². The molecule has 0 aliphatic carbocycles. The molecule has 0 fully saturated rings. The monoisotopic (exact) mass is 295 g/mol. The van der Waals surface area contributed by atoms with E-state index in [1.54, 1.807) is 6.26 Å². The van der Waals surface area contributed by atoms with Gasteiger partial charge in [-0.05, 0) is 40.2 Å². The smallest absolute Gasteiger partial charge is 0.129 e. The van der Waals surface area contributed by atoms with Gasteiger partial charge in [0.2, 0.25) is 0 Å². The van der Waals surface area contributed by atoms with E-state index in [4.69, 9.17) is 9.15 Å². The van der Waals surface area contributed by atoms with Crippen molar-refractivity contribution < 1.29 is 9.15 Å². The number of ether oxygens (including phenoxy) is 1. The molecule has 0 saturated carbocycles. The Morgan fingerprint density at radius 1 is 1.18 bits per heavy atom. The number of benzene rings is 1. The van der Waals surface area contributed by atoms with Gasteiger partial charge in [-0.2, -0.15) is 0 Å². The number of rotatable bonds is 6. The van der Waals surface area contributed by atoms with Gasteiger partial charge in [0.25, 0.3) is 0 Å². The Bertz CT molecular complexity index is 442. The van der Waals surface area contributed by atoms with Gasteiger partial charge < -0.3 is 14.5 Å². The molecule has 1 heterocycles. The first kappa shape index (κ1) is 12.2. The summed E-state index contributed by atoms with van der Waals surface area (Å²) in [5.41, 5.74) is 1.08. The van der Waals surface area contributed by atoms with Crippen LogP contribution in [0.25, 0.3) is 0 Å². The molecule has 0 atom stereocenters. The molecular weight excluding hydrogens is 282 g/mol. The van der Waals surface area contributed by atoms with Crippen LogP contribution in [0.4, 0.5) is 5.69 Å². The van der Waals surface area contributed by atoms with E-state index >= 15 is 0 Å². The molecule has 90 valence electrons. The molecule has 0 bridgehead atoms. The van der Waals surface area contributed by atoms with Gasteiger partial charge in [0.1, 0.15) is 12.4 Å². The average molecular weight is 296 g/mol.